The number of nitrogens with zero attached hydrogens (tertiary/aromatic N) is 5. The summed E-state index contributed by atoms with van der Waals surface area (Å²) in [5.41, 5.74) is 0.884. The molecule has 0 radical (unpaired) electrons. The van der Waals surface area contributed by atoms with Crippen molar-refractivity contribution in [3.05, 3.63) is 51.2 Å². The van der Waals surface area contributed by atoms with Crippen molar-refractivity contribution in [3.63, 3.8) is 0 Å². The van der Waals surface area contributed by atoms with Gasteiger partial charge in [0.1, 0.15) is 12.7 Å². The molecule has 1 aromatic carbocycles. The van der Waals surface area contributed by atoms with Crippen LogP contribution >= 0.6 is 11.6 Å². The van der Waals surface area contributed by atoms with E-state index >= 15 is 0 Å². The lowest BCUT2D eigenvalue weighted by Crippen LogP contribution is -2.49. The average Bonchev–Trinajstić information content (AvgIpc) is 3.05. The number of carbonyl (C=O) groups is 1. The molecule has 1 aliphatic heterocycles. The summed E-state index contributed by atoms with van der Waals surface area (Å²) in [6, 6.07) is 7.74. The van der Waals surface area contributed by atoms with E-state index in [1.807, 2.05) is 24.3 Å². The van der Waals surface area contributed by atoms with Crippen LogP contribution in [0.5, 0.6) is 5.88 Å². The summed E-state index contributed by atoms with van der Waals surface area (Å²) in [6.45, 7) is 3.42. The Kier molecular flexibility index (Phi) is 5.92. The molecule has 0 bridgehead atoms. The minimum absolute atomic E-state index is 0.0571. The summed E-state index contributed by atoms with van der Waals surface area (Å²) in [4.78, 5) is 26.8. The molecule has 10 heteroatoms. The van der Waals surface area contributed by atoms with Crippen LogP contribution in [0.1, 0.15) is 5.56 Å². The highest BCUT2D eigenvalue weighted by Gasteiger charge is 2.24. The molecular weight excluding hydrogens is 374 g/mol. The van der Waals surface area contributed by atoms with Gasteiger partial charge in [-0.3, -0.25) is 24.5 Å². The topological polar surface area (TPSA) is 93.7 Å². The van der Waals surface area contributed by atoms with E-state index in [9.17, 15) is 14.9 Å². The molecule has 27 heavy (non-hydrogen) atoms. The number of benzene rings is 1. The Morgan fingerprint density at radius 3 is 2.67 bits per heavy atom. The smallest absolute Gasteiger partial charge is 0.350 e. The van der Waals surface area contributed by atoms with E-state index in [0.29, 0.717) is 18.1 Å². The molecule has 9 nitrogen and oxygen atoms in total. The van der Waals surface area contributed by atoms with Gasteiger partial charge in [0.2, 0.25) is 5.91 Å². The SMILES string of the molecule is COc1nn(CC(=O)N2CCN(Cc3cccc(Cl)c3)CC2)cc1[N+](=O)[O-]. The largest absolute Gasteiger partial charge is 0.475 e. The fraction of sp³-hybridized carbons (Fsp3) is 0.412. The first-order valence-corrected chi connectivity index (χ1v) is 8.84. The molecule has 2 aromatic rings. The molecule has 1 amide bonds. The standard InChI is InChI=1S/C17H20ClN5O4/c1-27-17-15(23(25)26)11-22(19-17)12-16(24)21-7-5-20(6-8-21)10-13-3-2-4-14(18)9-13/h2-4,9,11H,5-8,10,12H2,1H3. The number of hydrogen-bond donors (Lipinski definition) is 0. The van der Waals surface area contributed by atoms with Gasteiger partial charge in [-0.05, 0) is 17.7 Å². The summed E-state index contributed by atoms with van der Waals surface area (Å²) in [6.07, 6.45) is 1.21. The quantitative estimate of drug-likeness (QED) is 0.548. The zero-order chi connectivity index (χ0) is 19.4. The van der Waals surface area contributed by atoms with Crippen LogP contribution in [0.25, 0.3) is 0 Å². The van der Waals surface area contributed by atoms with E-state index < -0.39 is 4.92 Å². The summed E-state index contributed by atoms with van der Waals surface area (Å²) < 4.78 is 6.13. The zero-order valence-electron chi connectivity index (χ0n) is 14.9. The van der Waals surface area contributed by atoms with Gasteiger partial charge in [-0.1, -0.05) is 23.7 Å². The van der Waals surface area contributed by atoms with Gasteiger partial charge in [-0.15, -0.1) is 5.10 Å². The van der Waals surface area contributed by atoms with E-state index in [1.54, 1.807) is 4.90 Å². The van der Waals surface area contributed by atoms with Gasteiger partial charge in [0, 0.05) is 37.7 Å². The van der Waals surface area contributed by atoms with Gasteiger partial charge in [0.05, 0.1) is 12.0 Å². The summed E-state index contributed by atoms with van der Waals surface area (Å²) in [5, 5.41) is 15.6. The van der Waals surface area contributed by atoms with Gasteiger partial charge < -0.3 is 9.64 Å². The van der Waals surface area contributed by atoms with Crippen LogP contribution in [0, 0.1) is 10.1 Å². The molecule has 0 N–H and O–H groups in total. The maximum Gasteiger partial charge on any atom is 0.350 e. The summed E-state index contributed by atoms with van der Waals surface area (Å²) in [7, 11) is 1.31. The molecule has 0 unspecified atom stereocenters. The number of methoxy groups -OCH3 is 1. The van der Waals surface area contributed by atoms with Gasteiger partial charge >= 0.3 is 11.6 Å². The number of amides is 1. The molecular formula is C17H20ClN5O4. The first-order chi connectivity index (χ1) is 13.0. The zero-order valence-corrected chi connectivity index (χ0v) is 15.6. The van der Waals surface area contributed by atoms with Crippen molar-refractivity contribution < 1.29 is 14.5 Å². The van der Waals surface area contributed by atoms with Crippen molar-refractivity contribution >= 4 is 23.2 Å². The second-order valence-corrected chi connectivity index (χ2v) is 6.70. The second kappa shape index (κ2) is 8.36. The van der Waals surface area contributed by atoms with E-state index in [2.05, 4.69) is 10.00 Å². The average molecular weight is 394 g/mol. The van der Waals surface area contributed by atoms with Crippen LogP contribution < -0.4 is 4.74 Å². The Bertz CT molecular complexity index is 832. The molecule has 1 aliphatic rings. The lowest BCUT2D eigenvalue weighted by atomic mass is 10.2. The highest BCUT2D eigenvalue weighted by molar-refractivity contribution is 6.30. The molecule has 3 rings (SSSR count). The van der Waals surface area contributed by atoms with Gasteiger partial charge in [-0.25, -0.2) is 0 Å². The third kappa shape index (κ3) is 4.75. The van der Waals surface area contributed by atoms with Crippen LogP contribution in [0.3, 0.4) is 0 Å². The molecule has 1 saturated heterocycles. The van der Waals surface area contributed by atoms with E-state index in [4.69, 9.17) is 16.3 Å². The third-order valence-electron chi connectivity index (χ3n) is 4.42. The second-order valence-electron chi connectivity index (χ2n) is 6.27. The minimum Gasteiger partial charge on any atom is -0.475 e. The number of piperazine rings is 1. The van der Waals surface area contributed by atoms with Crippen LogP contribution in [0.4, 0.5) is 5.69 Å². The van der Waals surface area contributed by atoms with Gasteiger partial charge in [0.15, 0.2) is 0 Å². The maximum atomic E-state index is 12.5. The highest BCUT2D eigenvalue weighted by Crippen LogP contribution is 2.24. The number of nitro groups is 1. The molecule has 0 spiro atoms. The van der Waals surface area contributed by atoms with Crippen LogP contribution in [-0.4, -0.2) is 63.7 Å². The minimum atomic E-state index is -0.582. The summed E-state index contributed by atoms with van der Waals surface area (Å²) >= 11 is 6.02. The fourth-order valence-electron chi connectivity index (χ4n) is 3.03. The number of rotatable bonds is 6. The molecule has 2 heterocycles. The van der Waals surface area contributed by atoms with Crippen LogP contribution in [0.15, 0.2) is 30.5 Å². The van der Waals surface area contributed by atoms with E-state index in [1.165, 1.54) is 18.0 Å². The monoisotopic (exact) mass is 393 g/mol. The number of ether oxygens (including phenoxy) is 1. The van der Waals surface area contributed by atoms with E-state index in [-0.39, 0.29) is 24.0 Å². The van der Waals surface area contributed by atoms with Crippen molar-refractivity contribution in [1.29, 1.82) is 0 Å². The predicted molar refractivity (Wildman–Crippen MR) is 98.7 cm³/mol. The third-order valence-corrected chi connectivity index (χ3v) is 4.65. The number of hydrogen-bond acceptors (Lipinski definition) is 6. The highest BCUT2D eigenvalue weighted by atomic mass is 35.5. The molecule has 0 aliphatic carbocycles. The Balaban J connectivity index is 1.53. The molecule has 1 fully saturated rings. The van der Waals surface area contributed by atoms with Crippen molar-refractivity contribution in [2.24, 2.45) is 0 Å². The van der Waals surface area contributed by atoms with Gasteiger partial charge in [0.25, 0.3) is 0 Å². The Morgan fingerprint density at radius 2 is 2.07 bits per heavy atom. The maximum absolute atomic E-state index is 12.5. The predicted octanol–water partition coefficient (Wildman–Crippen LogP) is 1.80. The number of carbonyl (C=O) groups excluding carboxylic acids is 1. The van der Waals surface area contributed by atoms with Crippen LogP contribution in [-0.2, 0) is 17.9 Å². The first-order valence-electron chi connectivity index (χ1n) is 8.46. The van der Waals surface area contributed by atoms with Gasteiger partial charge in [-0.2, -0.15) is 0 Å². The van der Waals surface area contributed by atoms with Crippen molar-refractivity contribution in [2.75, 3.05) is 33.3 Å². The van der Waals surface area contributed by atoms with Crippen molar-refractivity contribution in [1.82, 2.24) is 19.6 Å². The molecule has 1 aromatic heterocycles. The molecule has 144 valence electrons. The Labute approximate surface area is 161 Å². The van der Waals surface area contributed by atoms with Crippen molar-refractivity contribution in [3.8, 4) is 5.88 Å². The number of aromatic nitrogens is 2. The normalized spacial score (nSPS) is 15.0. The van der Waals surface area contributed by atoms with E-state index in [0.717, 1.165) is 25.2 Å². The lowest BCUT2D eigenvalue weighted by molar-refractivity contribution is -0.385. The number of halogens is 1. The van der Waals surface area contributed by atoms with Crippen LogP contribution in [0.2, 0.25) is 5.02 Å². The summed E-state index contributed by atoms with van der Waals surface area (Å²) in [5.74, 6) is -0.225. The lowest BCUT2D eigenvalue weighted by Gasteiger charge is -2.34. The first kappa shape index (κ1) is 19.1. The Morgan fingerprint density at radius 1 is 1.33 bits per heavy atom. The molecule has 0 saturated carbocycles. The van der Waals surface area contributed by atoms with Crippen molar-refractivity contribution in [2.45, 2.75) is 13.1 Å². The Hall–Kier alpha value is -2.65. The molecule has 0 atom stereocenters. The fourth-order valence-corrected chi connectivity index (χ4v) is 3.25.